The van der Waals surface area contributed by atoms with Gasteiger partial charge in [0.25, 0.3) is 0 Å². The van der Waals surface area contributed by atoms with Gasteiger partial charge in [-0.2, -0.15) is 0 Å². The summed E-state index contributed by atoms with van der Waals surface area (Å²) in [5, 5.41) is 4.99. The first-order valence-electron chi connectivity index (χ1n) is 5.58. The maximum absolute atomic E-state index is 11.3. The lowest BCUT2D eigenvalue weighted by atomic mass is 10.3. The highest BCUT2D eigenvalue weighted by Gasteiger charge is 2.17. The van der Waals surface area contributed by atoms with Crippen LogP contribution < -0.4 is 10.0 Å². The molecule has 1 aromatic heterocycles. The Balaban J connectivity index is 3.01. The molecule has 0 fully saturated rings. The lowest BCUT2D eigenvalue weighted by Crippen LogP contribution is -2.36. The van der Waals surface area contributed by atoms with Gasteiger partial charge in [0.1, 0.15) is 17.3 Å². The molecule has 0 bridgehead atoms. The van der Waals surface area contributed by atoms with Crippen LogP contribution in [-0.4, -0.2) is 39.1 Å². The Morgan fingerprint density at radius 2 is 2.11 bits per heavy atom. The van der Waals surface area contributed by atoms with Crippen LogP contribution >= 0.6 is 0 Å². The molecule has 8 heteroatoms. The Labute approximate surface area is 112 Å². The maximum Gasteiger partial charge on any atom is 0.325 e. The van der Waals surface area contributed by atoms with Gasteiger partial charge in [-0.25, -0.2) is 18.5 Å². The second-order valence-corrected chi connectivity index (χ2v) is 5.76. The highest BCUT2D eigenvalue weighted by Crippen LogP contribution is 2.16. The number of aromatic nitrogens is 1. The summed E-state index contributed by atoms with van der Waals surface area (Å²) in [7, 11) is -2.46. The van der Waals surface area contributed by atoms with Gasteiger partial charge >= 0.3 is 5.97 Å². The van der Waals surface area contributed by atoms with E-state index in [1.807, 2.05) is 13.8 Å². The van der Waals surface area contributed by atoms with Gasteiger partial charge in [-0.1, -0.05) is 0 Å². The van der Waals surface area contributed by atoms with Crippen molar-refractivity contribution in [2.24, 2.45) is 5.14 Å². The van der Waals surface area contributed by atoms with Crippen molar-refractivity contribution < 1.29 is 17.9 Å². The standard InChI is InChI=1S/C11H17N3O4S/c1-8(2)14(7-11(15)18-3)10-5-4-9(6-13-10)19(12,16)17/h4-6,8H,7H2,1-3H3,(H2,12,16,17). The highest BCUT2D eigenvalue weighted by atomic mass is 32.2. The number of carbonyl (C=O) groups excluding carboxylic acids is 1. The van der Waals surface area contributed by atoms with Crippen LogP contribution in [-0.2, 0) is 19.6 Å². The Bertz CT molecular complexity index is 540. The topological polar surface area (TPSA) is 103 Å². The fraction of sp³-hybridized carbons (Fsp3) is 0.455. The van der Waals surface area contributed by atoms with Gasteiger partial charge in [0, 0.05) is 12.2 Å². The van der Waals surface area contributed by atoms with Gasteiger partial charge in [-0.3, -0.25) is 4.79 Å². The molecule has 0 saturated heterocycles. The summed E-state index contributed by atoms with van der Waals surface area (Å²) >= 11 is 0. The van der Waals surface area contributed by atoms with E-state index in [0.717, 1.165) is 6.20 Å². The van der Waals surface area contributed by atoms with Crippen LogP contribution in [0.5, 0.6) is 0 Å². The molecule has 1 heterocycles. The number of anilines is 1. The molecule has 0 amide bonds. The number of ether oxygens (including phenoxy) is 1. The van der Waals surface area contributed by atoms with E-state index >= 15 is 0 Å². The number of hydrogen-bond acceptors (Lipinski definition) is 6. The molecule has 7 nitrogen and oxygen atoms in total. The first-order valence-corrected chi connectivity index (χ1v) is 7.12. The molecule has 1 rings (SSSR count). The van der Waals surface area contributed by atoms with Gasteiger partial charge in [-0.05, 0) is 26.0 Å². The predicted molar refractivity (Wildman–Crippen MR) is 70.1 cm³/mol. The Morgan fingerprint density at radius 3 is 2.47 bits per heavy atom. The molecule has 0 radical (unpaired) electrons. The molecule has 0 aromatic carbocycles. The van der Waals surface area contributed by atoms with Crippen LogP contribution in [0.15, 0.2) is 23.2 Å². The van der Waals surface area contributed by atoms with Crippen molar-refractivity contribution in [1.29, 1.82) is 0 Å². The number of nitrogens with zero attached hydrogens (tertiary/aromatic N) is 2. The number of primary sulfonamides is 1. The molecule has 106 valence electrons. The van der Waals surface area contributed by atoms with E-state index in [2.05, 4.69) is 9.72 Å². The number of sulfonamides is 1. The van der Waals surface area contributed by atoms with E-state index in [1.54, 1.807) is 4.90 Å². The van der Waals surface area contributed by atoms with E-state index in [-0.39, 0.29) is 17.5 Å². The first-order chi connectivity index (χ1) is 8.75. The summed E-state index contributed by atoms with van der Waals surface area (Å²) in [4.78, 5) is 17.0. The van der Waals surface area contributed by atoms with Crippen molar-refractivity contribution in [3.63, 3.8) is 0 Å². The lowest BCUT2D eigenvalue weighted by molar-refractivity contribution is -0.139. The van der Waals surface area contributed by atoms with Crippen LogP contribution in [0.3, 0.4) is 0 Å². The highest BCUT2D eigenvalue weighted by molar-refractivity contribution is 7.89. The van der Waals surface area contributed by atoms with Crippen LogP contribution in [0, 0.1) is 0 Å². The molecule has 2 N–H and O–H groups in total. The average molecular weight is 287 g/mol. The van der Waals surface area contributed by atoms with E-state index in [1.165, 1.54) is 19.2 Å². The summed E-state index contributed by atoms with van der Waals surface area (Å²) < 4.78 is 26.9. The zero-order valence-corrected chi connectivity index (χ0v) is 11.8. The van der Waals surface area contributed by atoms with E-state index in [4.69, 9.17) is 5.14 Å². The van der Waals surface area contributed by atoms with Gasteiger partial charge in [0.15, 0.2) is 0 Å². The van der Waals surface area contributed by atoms with Crippen LogP contribution in [0.4, 0.5) is 5.82 Å². The zero-order chi connectivity index (χ0) is 14.6. The molecule has 0 aliphatic carbocycles. The number of pyridine rings is 1. The quantitative estimate of drug-likeness (QED) is 0.771. The third kappa shape index (κ3) is 4.18. The molecule has 19 heavy (non-hydrogen) atoms. The van der Waals surface area contributed by atoms with Crippen LogP contribution in [0.1, 0.15) is 13.8 Å². The molecule has 0 saturated carbocycles. The predicted octanol–water partition coefficient (Wildman–Crippen LogP) is 0.117. The number of carbonyl (C=O) groups is 1. The minimum absolute atomic E-state index is 0.00642. The van der Waals surface area contributed by atoms with Gasteiger partial charge in [0.2, 0.25) is 10.0 Å². The monoisotopic (exact) mass is 287 g/mol. The number of rotatable bonds is 5. The SMILES string of the molecule is COC(=O)CN(c1ccc(S(N)(=O)=O)cn1)C(C)C. The van der Waals surface area contributed by atoms with Crippen molar-refractivity contribution in [2.45, 2.75) is 24.8 Å². The first kappa shape index (κ1) is 15.4. The summed E-state index contributed by atoms with van der Waals surface area (Å²) in [6, 6.07) is 2.86. The Morgan fingerprint density at radius 1 is 1.47 bits per heavy atom. The minimum atomic E-state index is -3.77. The Hall–Kier alpha value is -1.67. The number of esters is 1. The molecule has 0 aliphatic rings. The second kappa shape index (κ2) is 5.98. The average Bonchev–Trinajstić information content (AvgIpc) is 2.34. The number of nitrogens with two attached hydrogens (primary N) is 1. The third-order valence-electron chi connectivity index (χ3n) is 2.49. The van der Waals surface area contributed by atoms with Crippen molar-refractivity contribution in [3.05, 3.63) is 18.3 Å². The van der Waals surface area contributed by atoms with Crippen LogP contribution in [0.2, 0.25) is 0 Å². The summed E-state index contributed by atoms with van der Waals surface area (Å²) in [6.07, 6.45) is 1.16. The summed E-state index contributed by atoms with van der Waals surface area (Å²) in [5.74, 6) is 0.0822. The fourth-order valence-corrected chi connectivity index (χ4v) is 1.90. The zero-order valence-electron chi connectivity index (χ0n) is 11.0. The number of methoxy groups -OCH3 is 1. The van der Waals surface area contributed by atoms with Gasteiger partial charge in [0.05, 0.1) is 7.11 Å². The van der Waals surface area contributed by atoms with Crippen molar-refractivity contribution >= 4 is 21.8 Å². The lowest BCUT2D eigenvalue weighted by Gasteiger charge is -2.26. The second-order valence-electron chi connectivity index (χ2n) is 4.19. The van der Waals surface area contributed by atoms with Crippen LogP contribution in [0.25, 0.3) is 0 Å². The van der Waals surface area contributed by atoms with E-state index < -0.39 is 16.0 Å². The molecular formula is C11H17N3O4S. The van der Waals surface area contributed by atoms with Gasteiger partial charge in [-0.15, -0.1) is 0 Å². The molecule has 0 unspecified atom stereocenters. The third-order valence-corrected chi connectivity index (χ3v) is 3.39. The van der Waals surface area contributed by atoms with Crippen molar-refractivity contribution in [2.75, 3.05) is 18.6 Å². The Kier molecular flexibility index (Phi) is 4.84. The van der Waals surface area contributed by atoms with E-state index in [9.17, 15) is 13.2 Å². The smallest absolute Gasteiger partial charge is 0.325 e. The summed E-state index contributed by atoms with van der Waals surface area (Å²) in [6.45, 7) is 3.81. The number of hydrogen-bond donors (Lipinski definition) is 1. The van der Waals surface area contributed by atoms with Gasteiger partial charge < -0.3 is 9.64 Å². The maximum atomic E-state index is 11.3. The van der Waals surface area contributed by atoms with Crippen molar-refractivity contribution in [3.8, 4) is 0 Å². The molecule has 0 spiro atoms. The van der Waals surface area contributed by atoms with Crippen molar-refractivity contribution in [1.82, 2.24) is 4.98 Å². The molecule has 0 atom stereocenters. The molecule has 0 aliphatic heterocycles. The molecule has 1 aromatic rings. The molecular weight excluding hydrogens is 270 g/mol. The fourth-order valence-electron chi connectivity index (χ4n) is 1.44. The largest absolute Gasteiger partial charge is 0.468 e. The summed E-state index contributed by atoms with van der Waals surface area (Å²) in [5.41, 5.74) is 0. The van der Waals surface area contributed by atoms with E-state index in [0.29, 0.717) is 5.82 Å². The normalized spacial score (nSPS) is 11.4. The minimum Gasteiger partial charge on any atom is -0.468 e.